The molecule has 11 heteroatoms. The zero-order chi connectivity index (χ0) is 22.7. The largest absolute Gasteiger partial charge is 0.491 e. The third-order valence-electron chi connectivity index (χ3n) is 4.24. The maximum Gasteiger partial charge on any atom is 0.352 e. The predicted molar refractivity (Wildman–Crippen MR) is 107 cm³/mol. The third kappa shape index (κ3) is 4.44. The number of hydrogen-bond acceptors (Lipinski definition) is 6. The number of nitrogens with one attached hydrogen (secondary N) is 1. The van der Waals surface area contributed by atoms with Crippen molar-refractivity contribution in [1.29, 1.82) is 0 Å². The van der Waals surface area contributed by atoms with Gasteiger partial charge in [-0.25, -0.2) is 18.1 Å². The van der Waals surface area contributed by atoms with Crippen molar-refractivity contribution in [1.82, 2.24) is 14.3 Å². The first-order chi connectivity index (χ1) is 14.7. The zero-order valence-electron chi connectivity index (χ0n) is 16.8. The van der Waals surface area contributed by atoms with Gasteiger partial charge < -0.3 is 14.8 Å². The fourth-order valence-electron chi connectivity index (χ4n) is 2.93. The van der Waals surface area contributed by atoms with Gasteiger partial charge >= 0.3 is 11.2 Å². The molecule has 3 rings (SSSR count). The van der Waals surface area contributed by atoms with E-state index in [2.05, 4.69) is 15.2 Å². The molecule has 0 bridgehead atoms. The number of nitrogens with zero attached hydrogens (tertiary/aromatic N) is 3. The molecule has 9 nitrogen and oxygen atoms in total. The van der Waals surface area contributed by atoms with Gasteiger partial charge in [-0.15, -0.1) is 5.10 Å². The molecular weight excluding hydrogens is 414 g/mol. The van der Waals surface area contributed by atoms with Gasteiger partial charge in [-0.2, -0.15) is 4.68 Å². The van der Waals surface area contributed by atoms with Crippen LogP contribution in [0.4, 0.5) is 14.5 Å². The Morgan fingerprint density at radius 1 is 1.10 bits per heavy atom. The molecule has 162 valence electrons. The van der Waals surface area contributed by atoms with Gasteiger partial charge in [0.1, 0.15) is 0 Å². The Labute approximate surface area is 174 Å². The van der Waals surface area contributed by atoms with E-state index in [4.69, 9.17) is 4.74 Å². The van der Waals surface area contributed by atoms with Gasteiger partial charge in [-0.1, -0.05) is 6.07 Å². The molecule has 1 heterocycles. The molecule has 0 aliphatic heterocycles. The van der Waals surface area contributed by atoms with Crippen LogP contribution in [-0.4, -0.2) is 34.5 Å². The van der Waals surface area contributed by atoms with Gasteiger partial charge in [0, 0.05) is 12.6 Å². The molecule has 0 fully saturated rings. The van der Waals surface area contributed by atoms with Crippen LogP contribution in [0.2, 0.25) is 0 Å². The molecule has 0 aliphatic rings. The Bertz CT molecular complexity index is 1250. The summed E-state index contributed by atoms with van der Waals surface area (Å²) in [6.07, 6.45) is 0. The maximum atomic E-state index is 14.0. The van der Waals surface area contributed by atoms with Crippen molar-refractivity contribution in [2.45, 2.75) is 13.5 Å². The second kappa shape index (κ2) is 8.78. The van der Waals surface area contributed by atoms with E-state index < -0.39 is 41.1 Å². The minimum atomic E-state index is -0.977. The Hall–Kier alpha value is -4.02. The van der Waals surface area contributed by atoms with Crippen LogP contribution in [0.3, 0.4) is 0 Å². The summed E-state index contributed by atoms with van der Waals surface area (Å²) in [7, 11) is 2.32. The number of benzene rings is 2. The van der Waals surface area contributed by atoms with Crippen molar-refractivity contribution in [2.24, 2.45) is 0 Å². The van der Waals surface area contributed by atoms with E-state index in [0.717, 1.165) is 28.5 Å². The van der Waals surface area contributed by atoms with E-state index in [-0.39, 0.29) is 17.2 Å². The highest BCUT2D eigenvalue weighted by atomic mass is 19.1. The van der Waals surface area contributed by atoms with Gasteiger partial charge in [0.2, 0.25) is 5.91 Å². The lowest BCUT2D eigenvalue weighted by Gasteiger charge is -2.13. The minimum absolute atomic E-state index is 0.0156. The van der Waals surface area contributed by atoms with Crippen molar-refractivity contribution >= 4 is 11.6 Å². The lowest BCUT2D eigenvalue weighted by atomic mass is 10.2. The van der Waals surface area contributed by atoms with E-state index in [1.807, 2.05) is 0 Å². The van der Waals surface area contributed by atoms with Crippen molar-refractivity contribution in [3.8, 4) is 17.3 Å². The summed E-state index contributed by atoms with van der Waals surface area (Å²) < 4.78 is 39.3. The van der Waals surface area contributed by atoms with Crippen LogP contribution < -0.4 is 26.0 Å². The first kappa shape index (κ1) is 21.7. The normalized spacial score (nSPS) is 10.6. The van der Waals surface area contributed by atoms with Crippen LogP contribution in [-0.2, 0) is 11.3 Å². The van der Waals surface area contributed by atoms with Crippen LogP contribution >= 0.6 is 0 Å². The van der Waals surface area contributed by atoms with Crippen LogP contribution in [0.25, 0.3) is 5.69 Å². The number of carbonyl (C=O) groups excluding carboxylic acids is 1. The Morgan fingerprint density at radius 3 is 2.35 bits per heavy atom. The van der Waals surface area contributed by atoms with Crippen molar-refractivity contribution in [3.05, 3.63) is 74.4 Å². The molecule has 2 aromatic carbocycles. The maximum absolute atomic E-state index is 14.0. The van der Waals surface area contributed by atoms with Crippen LogP contribution in [0.1, 0.15) is 12.5 Å². The lowest BCUT2D eigenvalue weighted by molar-refractivity contribution is -0.114. The molecule has 0 saturated carbocycles. The summed E-state index contributed by atoms with van der Waals surface area (Å²) in [6, 6.07) is 8.10. The molecule has 0 radical (unpaired) electrons. The zero-order valence-corrected chi connectivity index (χ0v) is 16.8. The molecule has 0 unspecified atom stereocenters. The highest BCUT2D eigenvalue weighted by Crippen LogP contribution is 2.23. The van der Waals surface area contributed by atoms with Gasteiger partial charge in [-0.05, 0) is 35.9 Å². The molecular formula is C20H18F2N4O5. The lowest BCUT2D eigenvalue weighted by Crippen LogP contribution is -2.41. The number of anilines is 1. The second-order valence-corrected chi connectivity index (χ2v) is 6.42. The predicted octanol–water partition coefficient (Wildman–Crippen LogP) is 1.70. The number of aromatic nitrogens is 3. The minimum Gasteiger partial charge on any atom is -0.491 e. The monoisotopic (exact) mass is 432 g/mol. The summed E-state index contributed by atoms with van der Waals surface area (Å²) in [5.41, 5.74) is -1.10. The Morgan fingerprint density at radius 2 is 1.77 bits per heavy atom. The van der Waals surface area contributed by atoms with Gasteiger partial charge in [0.15, 0.2) is 17.4 Å². The number of methoxy groups -OCH3 is 2. The third-order valence-corrected chi connectivity index (χ3v) is 4.24. The topological polar surface area (TPSA) is 104 Å². The standard InChI is InChI=1S/C20H18F2N4O5/c1-11(27)23-13-5-4-6-14(9-13)26-20(29)25(19(28)18(24-26)31-3)10-12-7-15(21)17(30-2)16(22)8-12/h4-9H,10H2,1-3H3,(H,23,27). The van der Waals surface area contributed by atoms with E-state index in [0.29, 0.717) is 5.69 Å². The molecule has 0 aliphatic carbocycles. The summed E-state index contributed by atoms with van der Waals surface area (Å²) in [4.78, 5) is 36.9. The molecule has 31 heavy (non-hydrogen) atoms. The summed E-state index contributed by atoms with van der Waals surface area (Å²) in [5.74, 6) is -3.25. The molecule has 1 amide bonds. The molecule has 3 aromatic rings. The Kier molecular flexibility index (Phi) is 6.14. The van der Waals surface area contributed by atoms with Crippen LogP contribution in [0.5, 0.6) is 11.6 Å². The molecule has 1 aromatic heterocycles. The number of halogens is 2. The number of ether oxygens (including phenoxy) is 2. The van der Waals surface area contributed by atoms with E-state index in [1.54, 1.807) is 12.1 Å². The highest BCUT2D eigenvalue weighted by Gasteiger charge is 2.18. The van der Waals surface area contributed by atoms with Crippen LogP contribution in [0, 0.1) is 11.6 Å². The molecule has 0 spiro atoms. The molecule has 1 N–H and O–H groups in total. The highest BCUT2D eigenvalue weighted by molar-refractivity contribution is 5.88. The average molecular weight is 432 g/mol. The quantitative estimate of drug-likeness (QED) is 0.636. The summed E-state index contributed by atoms with van der Waals surface area (Å²) in [5, 5.41) is 6.49. The van der Waals surface area contributed by atoms with Crippen molar-refractivity contribution in [3.63, 3.8) is 0 Å². The number of amides is 1. The van der Waals surface area contributed by atoms with Gasteiger partial charge in [0.05, 0.1) is 26.5 Å². The molecule has 0 saturated heterocycles. The second-order valence-electron chi connectivity index (χ2n) is 6.42. The van der Waals surface area contributed by atoms with Gasteiger partial charge in [0.25, 0.3) is 5.88 Å². The van der Waals surface area contributed by atoms with E-state index in [1.165, 1.54) is 26.2 Å². The van der Waals surface area contributed by atoms with Crippen molar-refractivity contribution in [2.75, 3.05) is 19.5 Å². The number of hydrogen-bond donors (Lipinski definition) is 1. The first-order valence-corrected chi connectivity index (χ1v) is 8.93. The van der Waals surface area contributed by atoms with E-state index >= 15 is 0 Å². The smallest absolute Gasteiger partial charge is 0.352 e. The fraction of sp³-hybridized carbons (Fsp3) is 0.200. The van der Waals surface area contributed by atoms with E-state index in [9.17, 15) is 23.2 Å². The fourth-order valence-corrected chi connectivity index (χ4v) is 2.93. The summed E-state index contributed by atoms with van der Waals surface area (Å²) in [6.45, 7) is 0.882. The SMILES string of the molecule is COc1c(F)cc(Cn2c(=O)c(OC)nn(-c3cccc(NC(C)=O)c3)c2=O)cc1F. The average Bonchev–Trinajstić information content (AvgIpc) is 2.71. The Balaban J connectivity index is 2.14. The van der Waals surface area contributed by atoms with Crippen molar-refractivity contribution < 1.29 is 23.0 Å². The number of carbonyl (C=O) groups is 1. The number of rotatable bonds is 6. The first-order valence-electron chi connectivity index (χ1n) is 8.93. The molecule has 0 atom stereocenters. The van der Waals surface area contributed by atoms with Crippen LogP contribution in [0.15, 0.2) is 46.0 Å². The summed E-state index contributed by atoms with van der Waals surface area (Å²) >= 11 is 0. The van der Waals surface area contributed by atoms with Gasteiger partial charge in [-0.3, -0.25) is 9.59 Å².